The summed E-state index contributed by atoms with van der Waals surface area (Å²) >= 11 is 1.65. The SMILES string of the molecule is CN(CC(=O)N1CCSc2ccccc21)CC(O)C(F)(F)F. The molecule has 1 heterocycles. The van der Waals surface area contributed by atoms with E-state index in [0.717, 1.165) is 16.3 Å². The van der Waals surface area contributed by atoms with Gasteiger partial charge in [0.2, 0.25) is 5.91 Å². The molecule has 1 unspecified atom stereocenters. The van der Waals surface area contributed by atoms with Gasteiger partial charge in [0.15, 0.2) is 6.10 Å². The number of hydrogen-bond acceptors (Lipinski definition) is 4. The van der Waals surface area contributed by atoms with Gasteiger partial charge in [0.25, 0.3) is 0 Å². The van der Waals surface area contributed by atoms with Crippen LogP contribution in [-0.2, 0) is 4.79 Å². The average Bonchev–Trinajstić information content (AvgIpc) is 2.45. The van der Waals surface area contributed by atoms with Gasteiger partial charge in [-0.2, -0.15) is 13.2 Å². The predicted octanol–water partition coefficient (Wildman–Crippen LogP) is 1.98. The fourth-order valence-corrected chi connectivity index (χ4v) is 3.20. The van der Waals surface area contributed by atoms with Crippen LogP contribution in [0.1, 0.15) is 0 Å². The summed E-state index contributed by atoms with van der Waals surface area (Å²) < 4.78 is 37.0. The fraction of sp³-hybridized carbons (Fsp3) is 0.500. The molecule has 0 aliphatic carbocycles. The van der Waals surface area contributed by atoms with E-state index in [9.17, 15) is 18.0 Å². The third-order valence-electron chi connectivity index (χ3n) is 3.30. The first-order chi connectivity index (χ1) is 10.3. The molecule has 2 rings (SSSR count). The third-order valence-corrected chi connectivity index (χ3v) is 4.34. The van der Waals surface area contributed by atoms with E-state index in [1.807, 2.05) is 24.3 Å². The monoisotopic (exact) mass is 334 g/mol. The summed E-state index contributed by atoms with van der Waals surface area (Å²) in [7, 11) is 1.39. The van der Waals surface area contributed by atoms with Crippen molar-refractivity contribution >= 4 is 23.4 Å². The number of hydrogen-bond donors (Lipinski definition) is 1. The van der Waals surface area contributed by atoms with Crippen LogP contribution in [0.15, 0.2) is 29.2 Å². The predicted molar refractivity (Wildman–Crippen MR) is 79.1 cm³/mol. The highest BCUT2D eigenvalue weighted by molar-refractivity contribution is 7.99. The number of halogens is 3. The smallest absolute Gasteiger partial charge is 0.382 e. The topological polar surface area (TPSA) is 43.8 Å². The standard InChI is InChI=1S/C14H17F3N2O2S/c1-18(8-12(20)14(15,16)17)9-13(21)19-6-7-22-11-5-3-2-4-10(11)19/h2-5,12,20H,6-9H2,1H3. The first-order valence-corrected chi connectivity index (χ1v) is 7.73. The molecular formula is C14H17F3N2O2S. The molecule has 1 N–H and O–H groups in total. The van der Waals surface area contributed by atoms with Gasteiger partial charge >= 0.3 is 6.18 Å². The van der Waals surface area contributed by atoms with Crippen LogP contribution < -0.4 is 4.90 Å². The van der Waals surface area contributed by atoms with Gasteiger partial charge in [0, 0.05) is 23.7 Å². The summed E-state index contributed by atoms with van der Waals surface area (Å²) in [5.74, 6) is 0.474. The van der Waals surface area contributed by atoms with E-state index in [1.54, 1.807) is 16.7 Å². The van der Waals surface area contributed by atoms with Crippen LogP contribution in [0.25, 0.3) is 0 Å². The molecule has 1 amide bonds. The number of fused-ring (bicyclic) bond motifs is 1. The Hall–Kier alpha value is -1.25. The Morgan fingerprint density at radius 3 is 2.82 bits per heavy atom. The number of thioether (sulfide) groups is 1. The first-order valence-electron chi connectivity index (χ1n) is 6.74. The van der Waals surface area contributed by atoms with Crippen LogP contribution in [0.2, 0.25) is 0 Å². The number of aliphatic hydroxyl groups excluding tert-OH is 1. The van der Waals surface area contributed by atoms with Crippen molar-refractivity contribution in [2.24, 2.45) is 0 Å². The van der Waals surface area contributed by atoms with Gasteiger partial charge < -0.3 is 10.0 Å². The Bertz CT molecular complexity index is 539. The molecule has 8 heteroatoms. The Morgan fingerprint density at radius 1 is 1.45 bits per heavy atom. The van der Waals surface area contributed by atoms with Crippen molar-refractivity contribution in [3.05, 3.63) is 24.3 Å². The summed E-state index contributed by atoms with van der Waals surface area (Å²) in [5.41, 5.74) is 0.786. The van der Waals surface area contributed by atoms with E-state index in [0.29, 0.717) is 6.54 Å². The number of amides is 1. The summed E-state index contributed by atoms with van der Waals surface area (Å²) in [5, 5.41) is 9.04. The molecule has 1 aromatic rings. The second-order valence-corrected chi connectivity index (χ2v) is 6.25. The minimum Gasteiger partial charge on any atom is -0.382 e. The first kappa shape index (κ1) is 17.1. The number of para-hydroxylation sites is 1. The fourth-order valence-electron chi connectivity index (χ4n) is 2.21. The van der Waals surface area contributed by atoms with E-state index in [4.69, 9.17) is 5.11 Å². The minimum atomic E-state index is -4.67. The highest BCUT2D eigenvalue weighted by Gasteiger charge is 2.39. The maximum Gasteiger partial charge on any atom is 0.415 e. The van der Waals surface area contributed by atoms with Gasteiger partial charge in [0.1, 0.15) is 0 Å². The van der Waals surface area contributed by atoms with Gasteiger partial charge in [-0.3, -0.25) is 9.69 Å². The molecule has 0 aromatic heterocycles. The van der Waals surface area contributed by atoms with Crippen LogP contribution in [-0.4, -0.2) is 60.6 Å². The molecule has 0 spiro atoms. The van der Waals surface area contributed by atoms with E-state index < -0.39 is 18.8 Å². The van der Waals surface area contributed by atoms with Crippen molar-refractivity contribution in [2.75, 3.05) is 37.3 Å². The molecule has 0 saturated carbocycles. The maximum atomic E-state index is 12.3. The van der Waals surface area contributed by atoms with Gasteiger partial charge in [-0.15, -0.1) is 11.8 Å². The van der Waals surface area contributed by atoms with Crippen molar-refractivity contribution in [2.45, 2.75) is 17.2 Å². The number of rotatable bonds is 4. The van der Waals surface area contributed by atoms with Crippen LogP contribution in [0, 0.1) is 0 Å². The molecule has 1 atom stereocenters. The molecule has 0 bridgehead atoms. The van der Waals surface area contributed by atoms with E-state index in [1.165, 1.54) is 11.9 Å². The van der Waals surface area contributed by atoms with E-state index in [-0.39, 0.29) is 12.5 Å². The summed E-state index contributed by atoms with van der Waals surface area (Å²) in [6.07, 6.45) is -7.12. The molecular weight excluding hydrogens is 317 g/mol. The van der Waals surface area contributed by atoms with Crippen molar-refractivity contribution in [1.82, 2.24) is 4.90 Å². The normalized spacial score (nSPS) is 16.5. The van der Waals surface area contributed by atoms with Crippen molar-refractivity contribution < 1.29 is 23.1 Å². The second kappa shape index (κ2) is 6.89. The molecule has 1 aromatic carbocycles. The molecule has 0 saturated heterocycles. The number of likely N-dealkylation sites (N-methyl/N-ethyl adjacent to an activating group) is 1. The lowest BCUT2D eigenvalue weighted by atomic mass is 10.2. The molecule has 22 heavy (non-hydrogen) atoms. The number of aliphatic hydroxyl groups is 1. The quantitative estimate of drug-likeness (QED) is 0.914. The summed E-state index contributed by atoms with van der Waals surface area (Å²) in [4.78, 5) is 16.1. The molecule has 1 aliphatic rings. The average molecular weight is 334 g/mol. The lowest BCUT2D eigenvalue weighted by Gasteiger charge is -2.31. The van der Waals surface area contributed by atoms with Crippen molar-refractivity contribution in [3.63, 3.8) is 0 Å². The summed E-state index contributed by atoms with van der Waals surface area (Å²) in [6.45, 7) is -0.276. The number of carbonyl (C=O) groups is 1. The lowest BCUT2D eigenvalue weighted by molar-refractivity contribution is -0.207. The maximum absolute atomic E-state index is 12.3. The van der Waals surface area contributed by atoms with Crippen LogP contribution in [0.4, 0.5) is 18.9 Å². The second-order valence-electron chi connectivity index (χ2n) is 5.12. The van der Waals surface area contributed by atoms with E-state index >= 15 is 0 Å². The molecule has 4 nitrogen and oxygen atoms in total. The molecule has 122 valence electrons. The number of carbonyl (C=O) groups excluding carboxylic acids is 1. The number of alkyl halides is 3. The highest BCUT2D eigenvalue weighted by Crippen LogP contribution is 2.34. The van der Waals surface area contributed by atoms with Gasteiger partial charge in [-0.05, 0) is 19.2 Å². The number of benzene rings is 1. The highest BCUT2D eigenvalue weighted by atomic mass is 32.2. The van der Waals surface area contributed by atoms with E-state index in [2.05, 4.69) is 0 Å². The zero-order valence-electron chi connectivity index (χ0n) is 12.0. The number of nitrogens with zero attached hydrogens (tertiary/aromatic N) is 2. The Labute approximate surface area is 130 Å². The molecule has 0 fully saturated rings. The van der Waals surface area contributed by atoms with Crippen LogP contribution in [0.5, 0.6) is 0 Å². The minimum absolute atomic E-state index is 0.174. The summed E-state index contributed by atoms with van der Waals surface area (Å²) in [6, 6.07) is 7.44. The van der Waals surface area contributed by atoms with Crippen molar-refractivity contribution in [1.29, 1.82) is 0 Å². The third kappa shape index (κ3) is 4.15. The van der Waals surface area contributed by atoms with Crippen molar-refractivity contribution in [3.8, 4) is 0 Å². The Morgan fingerprint density at radius 2 is 2.14 bits per heavy atom. The Kier molecular flexibility index (Phi) is 5.36. The Balaban J connectivity index is 1.98. The molecule has 1 aliphatic heterocycles. The lowest BCUT2D eigenvalue weighted by Crippen LogP contribution is -2.45. The zero-order valence-corrected chi connectivity index (χ0v) is 12.8. The molecule has 0 radical (unpaired) electrons. The van der Waals surface area contributed by atoms with Gasteiger partial charge in [0.05, 0.1) is 12.2 Å². The zero-order chi connectivity index (χ0) is 16.3. The van der Waals surface area contributed by atoms with Gasteiger partial charge in [-0.25, -0.2) is 0 Å². The largest absolute Gasteiger partial charge is 0.415 e. The van der Waals surface area contributed by atoms with Crippen LogP contribution in [0.3, 0.4) is 0 Å². The van der Waals surface area contributed by atoms with Gasteiger partial charge in [-0.1, -0.05) is 12.1 Å². The number of anilines is 1. The van der Waals surface area contributed by atoms with Crippen LogP contribution >= 0.6 is 11.8 Å².